The van der Waals surface area contributed by atoms with Gasteiger partial charge in [-0.15, -0.1) is 0 Å². The summed E-state index contributed by atoms with van der Waals surface area (Å²) in [5.74, 6) is -0.00889. The number of benzene rings is 1. The van der Waals surface area contributed by atoms with Crippen molar-refractivity contribution in [1.82, 2.24) is 25.1 Å². The van der Waals surface area contributed by atoms with Gasteiger partial charge in [0, 0.05) is 56.6 Å². The van der Waals surface area contributed by atoms with Crippen LogP contribution in [0.5, 0.6) is 0 Å². The van der Waals surface area contributed by atoms with Crippen LogP contribution in [-0.2, 0) is 4.79 Å². The van der Waals surface area contributed by atoms with Gasteiger partial charge in [-0.3, -0.25) is 19.5 Å². The number of rotatable bonds is 4. The number of hydrogen-bond donors (Lipinski definition) is 1. The molecule has 1 saturated heterocycles. The van der Waals surface area contributed by atoms with Crippen molar-refractivity contribution in [2.75, 3.05) is 39.8 Å². The van der Waals surface area contributed by atoms with Crippen LogP contribution in [0, 0.1) is 0 Å². The molecule has 1 aliphatic heterocycles. The van der Waals surface area contributed by atoms with Crippen molar-refractivity contribution in [1.29, 1.82) is 0 Å². The third kappa shape index (κ3) is 4.09. The lowest BCUT2D eigenvalue weighted by atomic mass is 10.0. The number of piperazine rings is 1. The molecule has 0 saturated carbocycles. The van der Waals surface area contributed by atoms with Crippen molar-refractivity contribution in [3.63, 3.8) is 0 Å². The van der Waals surface area contributed by atoms with Crippen LogP contribution >= 0.6 is 0 Å². The molecule has 7 nitrogen and oxygen atoms in total. The number of aromatic nitrogens is 2. The standard InChI is InChI=1S/C22H23N5O2/c1-23-21(28)15-26-10-12-27(13-11-26)22(29)18-14-20(16-6-8-24-9-7-16)25-19-5-3-2-4-17(18)19/h2-9,14H,10-13,15H2,1H3,(H,23,28). The molecule has 7 heteroatoms. The quantitative estimate of drug-likeness (QED) is 0.736. The second-order valence-electron chi connectivity index (χ2n) is 7.05. The number of fused-ring (bicyclic) bond motifs is 1. The van der Waals surface area contributed by atoms with Gasteiger partial charge >= 0.3 is 0 Å². The van der Waals surface area contributed by atoms with Crippen molar-refractivity contribution >= 4 is 22.7 Å². The van der Waals surface area contributed by atoms with Crippen molar-refractivity contribution < 1.29 is 9.59 Å². The van der Waals surface area contributed by atoms with Crippen molar-refractivity contribution in [2.45, 2.75) is 0 Å². The molecule has 0 radical (unpaired) electrons. The van der Waals surface area contributed by atoms with Gasteiger partial charge in [-0.2, -0.15) is 0 Å². The minimum Gasteiger partial charge on any atom is -0.358 e. The summed E-state index contributed by atoms with van der Waals surface area (Å²) in [6.07, 6.45) is 3.44. The first kappa shape index (κ1) is 19.0. The Balaban J connectivity index is 1.61. The van der Waals surface area contributed by atoms with E-state index >= 15 is 0 Å². The fraction of sp³-hybridized carbons (Fsp3) is 0.273. The third-order valence-corrected chi connectivity index (χ3v) is 5.23. The molecule has 0 atom stereocenters. The maximum atomic E-state index is 13.4. The van der Waals surface area contributed by atoms with E-state index in [9.17, 15) is 9.59 Å². The number of carbonyl (C=O) groups excluding carboxylic acids is 2. The molecule has 1 fully saturated rings. The molecule has 1 aliphatic rings. The summed E-state index contributed by atoms with van der Waals surface area (Å²) in [7, 11) is 1.64. The van der Waals surface area contributed by atoms with E-state index in [1.807, 2.05) is 47.4 Å². The summed E-state index contributed by atoms with van der Waals surface area (Å²) < 4.78 is 0. The van der Waals surface area contributed by atoms with Gasteiger partial charge in [-0.05, 0) is 24.3 Å². The molecule has 4 rings (SSSR count). The van der Waals surface area contributed by atoms with E-state index in [2.05, 4.69) is 15.2 Å². The SMILES string of the molecule is CNC(=O)CN1CCN(C(=O)c2cc(-c3ccncc3)nc3ccccc23)CC1. The van der Waals surface area contributed by atoms with Gasteiger partial charge in [0.25, 0.3) is 5.91 Å². The topological polar surface area (TPSA) is 78.4 Å². The van der Waals surface area contributed by atoms with E-state index in [0.29, 0.717) is 38.3 Å². The molecule has 3 aromatic rings. The second-order valence-corrected chi connectivity index (χ2v) is 7.05. The lowest BCUT2D eigenvalue weighted by Crippen LogP contribution is -2.50. The largest absolute Gasteiger partial charge is 0.358 e. The van der Waals surface area contributed by atoms with Crippen molar-refractivity contribution in [2.24, 2.45) is 0 Å². The van der Waals surface area contributed by atoms with Crippen LogP contribution in [0.3, 0.4) is 0 Å². The zero-order valence-electron chi connectivity index (χ0n) is 16.3. The van der Waals surface area contributed by atoms with E-state index < -0.39 is 0 Å². The molecule has 0 bridgehead atoms. The Morgan fingerprint density at radius 2 is 1.76 bits per heavy atom. The van der Waals surface area contributed by atoms with Crippen LogP contribution in [0.2, 0.25) is 0 Å². The van der Waals surface area contributed by atoms with Crippen LogP contribution in [0.1, 0.15) is 10.4 Å². The predicted octanol–water partition coefficient (Wildman–Crippen LogP) is 1.80. The molecule has 148 valence electrons. The third-order valence-electron chi connectivity index (χ3n) is 5.23. The highest BCUT2D eigenvalue weighted by Crippen LogP contribution is 2.26. The van der Waals surface area contributed by atoms with Crippen LogP contribution in [0.15, 0.2) is 54.9 Å². The zero-order valence-corrected chi connectivity index (χ0v) is 16.3. The molecule has 1 N–H and O–H groups in total. The van der Waals surface area contributed by atoms with Crippen LogP contribution in [-0.4, -0.2) is 71.4 Å². The van der Waals surface area contributed by atoms with Gasteiger partial charge in [0.15, 0.2) is 0 Å². The Morgan fingerprint density at radius 1 is 1.03 bits per heavy atom. The fourth-order valence-corrected chi connectivity index (χ4v) is 3.58. The monoisotopic (exact) mass is 389 g/mol. The molecule has 1 aromatic carbocycles. The molecule has 0 unspecified atom stereocenters. The molecule has 3 heterocycles. The van der Waals surface area contributed by atoms with E-state index in [1.165, 1.54) is 0 Å². The Morgan fingerprint density at radius 3 is 2.48 bits per heavy atom. The fourth-order valence-electron chi connectivity index (χ4n) is 3.58. The highest BCUT2D eigenvalue weighted by atomic mass is 16.2. The summed E-state index contributed by atoms with van der Waals surface area (Å²) in [5.41, 5.74) is 3.13. The normalized spacial score (nSPS) is 14.7. The summed E-state index contributed by atoms with van der Waals surface area (Å²) in [6, 6.07) is 13.4. The number of hydrogen-bond acceptors (Lipinski definition) is 5. The van der Waals surface area contributed by atoms with E-state index in [-0.39, 0.29) is 11.8 Å². The smallest absolute Gasteiger partial charge is 0.254 e. The van der Waals surface area contributed by atoms with Crippen LogP contribution in [0.25, 0.3) is 22.2 Å². The summed E-state index contributed by atoms with van der Waals surface area (Å²) >= 11 is 0. The summed E-state index contributed by atoms with van der Waals surface area (Å²) in [6.45, 7) is 2.91. The molecule has 0 spiro atoms. The summed E-state index contributed by atoms with van der Waals surface area (Å²) in [5, 5.41) is 3.49. The molecule has 2 amide bonds. The Hall–Kier alpha value is -3.32. The van der Waals surface area contributed by atoms with Crippen LogP contribution in [0.4, 0.5) is 0 Å². The second kappa shape index (κ2) is 8.36. The Labute approximate surface area is 169 Å². The highest BCUT2D eigenvalue weighted by Gasteiger charge is 2.25. The number of likely N-dealkylation sites (N-methyl/N-ethyl adjacent to an activating group) is 1. The lowest BCUT2D eigenvalue weighted by molar-refractivity contribution is -0.122. The Kier molecular flexibility index (Phi) is 5.48. The first-order chi connectivity index (χ1) is 14.2. The first-order valence-electron chi connectivity index (χ1n) is 9.68. The van der Waals surface area contributed by atoms with E-state index in [0.717, 1.165) is 22.2 Å². The van der Waals surface area contributed by atoms with Gasteiger partial charge in [0.2, 0.25) is 5.91 Å². The number of nitrogens with one attached hydrogen (secondary N) is 1. The molecule has 2 aromatic heterocycles. The van der Waals surface area contributed by atoms with E-state index in [1.54, 1.807) is 19.4 Å². The highest BCUT2D eigenvalue weighted by molar-refractivity contribution is 6.07. The number of para-hydroxylation sites is 1. The van der Waals surface area contributed by atoms with Gasteiger partial charge in [0.05, 0.1) is 23.3 Å². The maximum absolute atomic E-state index is 13.4. The Bertz CT molecular complexity index is 1030. The maximum Gasteiger partial charge on any atom is 0.254 e. The minimum absolute atomic E-state index is 0.00139. The van der Waals surface area contributed by atoms with Crippen molar-refractivity contribution in [3.8, 4) is 11.3 Å². The molecule has 0 aliphatic carbocycles. The predicted molar refractivity (Wildman–Crippen MR) is 111 cm³/mol. The number of nitrogens with zero attached hydrogens (tertiary/aromatic N) is 4. The van der Waals surface area contributed by atoms with Gasteiger partial charge in [-0.25, -0.2) is 4.98 Å². The zero-order chi connectivity index (χ0) is 20.2. The first-order valence-corrected chi connectivity index (χ1v) is 9.68. The van der Waals surface area contributed by atoms with Crippen LogP contribution < -0.4 is 5.32 Å². The van der Waals surface area contributed by atoms with Crippen molar-refractivity contribution in [3.05, 3.63) is 60.4 Å². The average Bonchev–Trinajstić information content (AvgIpc) is 2.79. The van der Waals surface area contributed by atoms with Gasteiger partial charge < -0.3 is 10.2 Å². The molecule has 29 heavy (non-hydrogen) atoms. The average molecular weight is 389 g/mol. The molecular formula is C22H23N5O2. The summed E-state index contributed by atoms with van der Waals surface area (Å²) in [4.78, 5) is 37.7. The number of pyridine rings is 2. The lowest BCUT2D eigenvalue weighted by Gasteiger charge is -2.34. The number of amides is 2. The molecular weight excluding hydrogens is 366 g/mol. The number of carbonyl (C=O) groups is 2. The van der Waals surface area contributed by atoms with Gasteiger partial charge in [0.1, 0.15) is 0 Å². The van der Waals surface area contributed by atoms with E-state index in [4.69, 9.17) is 4.98 Å². The minimum atomic E-state index is -0.00750. The van der Waals surface area contributed by atoms with Gasteiger partial charge in [-0.1, -0.05) is 18.2 Å².